The number of nitrogens with one attached hydrogen (secondary N) is 1. The molecule has 1 aromatic rings. The van der Waals surface area contributed by atoms with Crippen molar-refractivity contribution in [2.45, 2.75) is 64.0 Å². The molecule has 20 heavy (non-hydrogen) atoms. The smallest absolute Gasteiger partial charge is 0.131 e. The molecule has 2 atom stereocenters. The third-order valence-electron chi connectivity index (χ3n) is 4.31. The second-order valence-corrected chi connectivity index (χ2v) is 5.93. The van der Waals surface area contributed by atoms with E-state index in [4.69, 9.17) is 9.72 Å². The second kappa shape index (κ2) is 6.64. The molecule has 1 N–H and O–H groups in total. The molecular formula is C16H25N3O. The van der Waals surface area contributed by atoms with Gasteiger partial charge in [-0.05, 0) is 45.1 Å². The van der Waals surface area contributed by atoms with Crippen LogP contribution in [0.4, 0.5) is 0 Å². The molecule has 2 unspecified atom stereocenters. The quantitative estimate of drug-likeness (QED) is 0.897. The predicted molar refractivity (Wildman–Crippen MR) is 78.7 cm³/mol. The Morgan fingerprint density at radius 1 is 1.35 bits per heavy atom. The summed E-state index contributed by atoms with van der Waals surface area (Å²) in [6.07, 6.45) is 10.3. The van der Waals surface area contributed by atoms with Crippen molar-refractivity contribution in [2.75, 3.05) is 13.2 Å². The Morgan fingerprint density at radius 2 is 2.30 bits per heavy atom. The van der Waals surface area contributed by atoms with Gasteiger partial charge in [0.25, 0.3) is 0 Å². The lowest BCUT2D eigenvalue weighted by atomic mass is 9.92. The fraction of sp³-hybridized carbons (Fsp3) is 0.750. The minimum absolute atomic E-state index is 0.339. The van der Waals surface area contributed by atoms with Crippen molar-refractivity contribution < 1.29 is 4.74 Å². The Bertz CT molecular complexity index is 443. The van der Waals surface area contributed by atoms with Crippen LogP contribution < -0.4 is 5.32 Å². The van der Waals surface area contributed by atoms with Crippen molar-refractivity contribution in [3.05, 3.63) is 23.3 Å². The van der Waals surface area contributed by atoms with Crippen LogP contribution in [0.25, 0.3) is 0 Å². The Labute approximate surface area is 121 Å². The molecule has 4 heteroatoms. The van der Waals surface area contributed by atoms with E-state index < -0.39 is 0 Å². The molecule has 1 aliphatic heterocycles. The molecule has 1 fully saturated rings. The topological polar surface area (TPSA) is 47.0 Å². The van der Waals surface area contributed by atoms with Crippen molar-refractivity contribution in [1.82, 2.24) is 15.3 Å². The lowest BCUT2D eigenvalue weighted by Gasteiger charge is -2.25. The summed E-state index contributed by atoms with van der Waals surface area (Å²) in [5.74, 6) is 0.965. The van der Waals surface area contributed by atoms with Gasteiger partial charge in [-0.25, -0.2) is 9.97 Å². The maximum absolute atomic E-state index is 5.68. The molecule has 0 bridgehead atoms. The molecule has 1 aromatic heterocycles. The van der Waals surface area contributed by atoms with Crippen LogP contribution in [0.15, 0.2) is 6.20 Å². The van der Waals surface area contributed by atoms with E-state index >= 15 is 0 Å². The minimum Gasteiger partial charge on any atom is -0.378 e. The Morgan fingerprint density at radius 3 is 3.10 bits per heavy atom. The first-order valence-electron chi connectivity index (χ1n) is 8.06. The van der Waals surface area contributed by atoms with Gasteiger partial charge < -0.3 is 10.1 Å². The molecule has 1 aliphatic carbocycles. The summed E-state index contributed by atoms with van der Waals surface area (Å²) in [5.41, 5.74) is 2.58. The largest absolute Gasteiger partial charge is 0.378 e. The highest BCUT2D eigenvalue weighted by Crippen LogP contribution is 2.28. The van der Waals surface area contributed by atoms with Gasteiger partial charge in [0.2, 0.25) is 0 Å². The van der Waals surface area contributed by atoms with E-state index in [0.717, 1.165) is 38.2 Å². The third kappa shape index (κ3) is 3.18. The highest BCUT2D eigenvalue weighted by atomic mass is 16.5. The van der Waals surface area contributed by atoms with Crippen molar-refractivity contribution >= 4 is 0 Å². The highest BCUT2D eigenvalue weighted by Gasteiger charge is 2.23. The SMILES string of the molecule is CCCNC1CCCc2nc(CC3CCCO3)ncc21. The molecule has 0 radical (unpaired) electrons. The van der Waals surface area contributed by atoms with Gasteiger partial charge in [-0.3, -0.25) is 0 Å². The molecule has 2 aliphatic rings. The fourth-order valence-electron chi connectivity index (χ4n) is 3.23. The van der Waals surface area contributed by atoms with E-state index in [9.17, 15) is 0 Å². The summed E-state index contributed by atoms with van der Waals surface area (Å²) >= 11 is 0. The number of hydrogen-bond donors (Lipinski definition) is 1. The summed E-state index contributed by atoms with van der Waals surface area (Å²) in [4.78, 5) is 9.39. The lowest BCUT2D eigenvalue weighted by Crippen LogP contribution is -2.27. The second-order valence-electron chi connectivity index (χ2n) is 5.93. The number of aryl methyl sites for hydroxylation is 1. The summed E-state index contributed by atoms with van der Waals surface area (Å²) in [7, 11) is 0. The van der Waals surface area contributed by atoms with Crippen LogP contribution in [0.3, 0.4) is 0 Å². The van der Waals surface area contributed by atoms with Crippen LogP contribution in [-0.2, 0) is 17.6 Å². The van der Waals surface area contributed by atoms with Crippen molar-refractivity contribution in [2.24, 2.45) is 0 Å². The molecule has 0 amide bonds. The van der Waals surface area contributed by atoms with Gasteiger partial charge in [0.15, 0.2) is 0 Å². The maximum Gasteiger partial charge on any atom is 0.131 e. The van der Waals surface area contributed by atoms with Crippen LogP contribution in [0.2, 0.25) is 0 Å². The van der Waals surface area contributed by atoms with E-state index in [0.29, 0.717) is 12.1 Å². The Balaban J connectivity index is 1.70. The number of hydrogen-bond acceptors (Lipinski definition) is 4. The van der Waals surface area contributed by atoms with Gasteiger partial charge in [-0.2, -0.15) is 0 Å². The number of fused-ring (bicyclic) bond motifs is 1. The molecule has 110 valence electrons. The van der Waals surface area contributed by atoms with Crippen molar-refractivity contribution in [3.63, 3.8) is 0 Å². The zero-order valence-electron chi connectivity index (χ0n) is 12.4. The number of rotatable bonds is 5. The third-order valence-corrected chi connectivity index (χ3v) is 4.31. The molecule has 3 rings (SSSR count). The molecule has 2 heterocycles. The number of aromatic nitrogens is 2. The number of nitrogens with zero attached hydrogens (tertiary/aromatic N) is 2. The zero-order chi connectivity index (χ0) is 13.8. The summed E-state index contributed by atoms with van der Waals surface area (Å²) in [5, 5.41) is 3.62. The standard InChI is InChI=1S/C16H25N3O/c1-2-8-17-14-6-3-7-15-13(14)11-18-16(19-15)10-12-5-4-9-20-12/h11-12,14,17H,2-10H2,1H3. The lowest BCUT2D eigenvalue weighted by molar-refractivity contribution is 0.110. The van der Waals surface area contributed by atoms with Crippen molar-refractivity contribution in [3.8, 4) is 0 Å². The average molecular weight is 275 g/mol. The molecule has 0 saturated carbocycles. The molecule has 4 nitrogen and oxygen atoms in total. The van der Waals surface area contributed by atoms with E-state index in [1.54, 1.807) is 0 Å². The first-order chi connectivity index (χ1) is 9.86. The molecule has 0 spiro atoms. The van der Waals surface area contributed by atoms with Crippen molar-refractivity contribution in [1.29, 1.82) is 0 Å². The van der Waals surface area contributed by atoms with E-state index in [2.05, 4.69) is 23.4 Å². The summed E-state index contributed by atoms with van der Waals surface area (Å²) in [6, 6.07) is 0.454. The molecule has 0 aromatic carbocycles. The minimum atomic E-state index is 0.339. The van der Waals surface area contributed by atoms with Crippen LogP contribution in [0.1, 0.15) is 62.2 Å². The first kappa shape index (κ1) is 14.0. The zero-order valence-corrected chi connectivity index (χ0v) is 12.4. The van der Waals surface area contributed by atoms with Crippen LogP contribution in [-0.4, -0.2) is 29.2 Å². The maximum atomic E-state index is 5.68. The van der Waals surface area contributed by atoms with Gasteiger partial charge in [-0.15, -0.1) is 0 Å². The van der Waals surface area contributed by atoms with Crippen LogP contribution >= 0.6 is 0 Å². The Hall–Kier alpha value is -1.00. The molecular weight excluding hydrogens is 250 g/mol. The van der Waals surface area contributed by atoms with Gasteiger partial charge in [0.05, 0.1) is 6.10 Å². The average Bonchev–Trinajstić information content (AvgIpc) is 2.97. The van der Waals surface area contributed by atoms with E-state index in [-0.39, 0.29) is 0 Å². The monoisotopic (exact) mass is 275 g/mol. The van der Waals surface area contributed by atoms with Crippen LogP contribution in [0.5, 0.6) is 0 Å². The summed E-state index contributed by atoms with van der Waals surface area (Å²) in [6.45, 7) is 4.18. The van der Waals surface area contributed by atoms with Gasteiger partial charge in [0.1, 0.15) is 5.82 Å². The van der Waals surface area contributed by atoms with E-state index in [1.165, 1.54) is 36.9 Å². The van der Waals surface area contributed by atoms with Gasteiger partial charge in [-0.1, -0.05) is 6.92 Å². The first-order valence-corrected chi connectivity index (χ1v) is 8.06. The predicted octanol–water partition coefficient (Wildman–Crippen LogP) is 2.58. The number of ether oxygens (including phenoxy) is 1. The van der Waals surface area contributed by atoms with E-state index in [1.807, 2.05) is 0 Å². The Kier molecular flexibility index (Phi) is 4.63. The van der Waals surface area contributed by atoms with Crippen LogP contribution in [0, 0.1) is 0 Å². The normalized spacial score (nSPS) is 25.6. The highest BCUT2D eigenvalue weighted by molar-refractivity contribution is 5.24. The van der Waals surface area contributed by atoms with Gasteiger partial charge >= 0.3 is 0 Å². The van der Waals surface area contributed by atoms with Gasteiger partial charge in [0, 0.05) is 36.5 Å². The summed E-state index contributed by atoms with van der Waals surface area (Å²) < 4.78 is 5.68. The molecule has 1 saturated heterocycles. The fourth-order valence-corrected chi connectivity index (χ4v) is 3.23.